The second-order valence-corrected chi connectivity index (χ2v) is 4.14. The van der Waals surface area contributed by atoms with E-state index in [-0.39, 0.29) is 25.2 Å². The lowest BCUT2D eigenvalue weighted by molar-refractivity contribution is -0.146. The summed E-state index contributed by atoms with van der Waals surface area (Å²) in [7, 11) is 0. The normalized spacial score (nSPS) is 11.8. The standard InChI is InChI=1S/C13H17NO5/c14-11(8-9-3-5-10(15)6-4-9)13(18)19-7-1-2-12(16)17/h3-6,11,15H,1-2,7-8,14H2,(H,16,17)/t11-/m0/s1. The number of carbonyl (C=O) groups excluding carboxylic acids is 1. The number of esters is 1. The van der Waals surface area contributed by atoms with Gasteiger partial charge >= 0.3 is 11.9 Å². The van der Waals surface area contributed by atoms with Crippen molar-refractivity contribution >= 4 is 11.9 Å². The first-order chi connectivity index (χ1) is 8.99. The summed E-state index contributed by atoms with van der Waals surface area (Å²) in [5, 5.41) is 17.5. The number of carboxylic acid groups (broad SMARTS) is 1. The van der Waals surface area contributed by atoms with Crippen molar-refractivity contribution in [1.29, 1.82) is 0 Å². The molecule has 0 fully saturated rings. The van der Waals surface area contributed by atoms with E-state index >= 15 is 0 Å². The molecule has 1 aromatic carbocycles. The Morgan fingerprint density at radius 1 is 1.26 bits per heavy atom. The second-order valence-electron chi connectivity index (χ2n) is 4.14. The number of carboxylic acids is 1. The number of nitrogens with two attached hydrogens (primary N) is 1. The third-order valence-corrected chi connectivity index (χ3v) is 2.47. The van der Waals surface area contributed by atoms with Crippen LogP contribution in [-0.2, 0) is 20.7 Å². The smallest absolute Gasteiger partial charge is 0.323 e. The molecule has 1 rings (SSSR count). The van der Waals surface area contributed by atoms with E-state index in [1.807, 2.05) is 0 Å². The van der Waals surface area contributed by atoms with Gasteiger partial charge in [-0.2, -0.15) is 0 Å². The van der Waals surface area contributed by atoms with Crippen LogP contribution in [0.5, 0.6) is 5.75 Å². The molecular weight excluding hydrogens is 250 g/mol. The highest BCUT2D eigenvalue weighted by Crippen LogP contribution is 2.11. The van der Waals surface area contributed by atoms with E-state index in [0.29, 0.717) is 6.42 Å². The fourth-order valence-electron chi connectivity index (χ4n) is 1.47. The van der Waals surface area contributed by atoms with Crippen LogP contribution in [0.2, 0.25) is 0 Å². The summed E-state index contributed by atoms with van der Waals surface area (Å²) < 4.78 is 4.87. The Morgan fingerprint density at radius 2 is 1.89 bits per heavy atom. The summed E-state index contributed by atoms with van der Waals surface area (Å²) >= 11 is 0. The van der Waals surface area contributed by atoms with Gasteiger partial charge in [-0.15, -0.1) is 0 Å². The maximum absolute atomic E-state index is 11.5. The van der Waals surface area contributed by atoms with Crippen LogP contribution in [0.3, 0.4) is 0 Å². The summed E-state index contributed by atoms with van der Waals surface area (Å²) in [6.07, 6.45) is 0.533. The summed E-state index contributed by atoms with van der Waals surface area (Å²) in [4.78, 5) is 21.8. The highest BCUT2D eigenvalue weighted by molar-refractivity contribution is 5.76. The molecule has 0 saturated heterocycles. The summed E-state index contributed by atoms with van der Waals surface area (Å²) in [6, 6.07) is 5.58. The van der Waals surface area contributed by atoms with E-state index < -0.39 is 18.0 Å². The van der Waals surface area contributed by atoms with E-state index in [1.54, 1.807) is 12.1 Å². The van der Waals surface area contributed by atoms with Gasteiger partial charge in [-0.05, 0) is 30.5 Å². The minimum Gasteiger partial charge on any atom is -0.508 e. The Morgan fingerprint density at radius 3 is 2.47 bits per heavy atom. The van der Waals surface area contributed by atoms with Crippen LogP contribution in [0.15, 0.2) is 24.3 Å². The van der Waals surface area contributed by atoms with Crippen molar-refractivity contribution in [3.63, 3.8) is 0 Å². The molecule has 19 heavy (non-hydrogen) atoms. The van der Waals surface area contributed by atoms with Crippen molar-refractivity contribution in [3.8, 4) is 5.75 Å². The molecule has 0 saturated carbocycles. The topological polar surface area (TPSA) is 110 Å². The van der Waals surface area contributed by atoms with Gasteiger partial charge in [0.05, 0.1) is 6.61 Å². The number of benzene rings is 1. The third-order valence-electron chi connectivity index (χ3n) is 2.47. The van der Waals surface area contributed by atoms with Gasteiger partial charge in [-0.3, -0.25) is 9.59 Å². The fraction of sp³-hybridized carbons (Fsp3) is 0.385. The van der Waals surface area contributed by atoms with Crippen LogP contribution in [0, 0.1) is 0 Å². The Labute approximate surface area is 110 Å². The molecule has 1 aromatic rings. The van der Waals surface area contributed by atoms with Gasteiger partial charge in [-0.1, -0.05) is 12.1 Å². The molecule has 0 amide bonds. The molecule has 0 aromatic heterocycles. The maximum Gasteiger partial charge on any atom is 0.323 e. The Kier molecular flexibility index (Phi) is 5.81. The predicted octanol–water partition coefficient (Wildman–Crippen LogP) is 0.670. The van der Waals surface area contributed by atoms with E-state index in [2.05, 4.69) is 0 Å². The molecule has 0 aliphatic carbocycles. The number of rotatable bonds is 7. The Bertz CT molecular complexity index is 429. The zero-order valence-corrected chi connectivity index (χ0v) is 10.4. The van der Waals surface area contributed by atoms with Crippen molar-refractivity contribution in [2.24, 2.45) is 5.73 Å². The first-order valence-corrected chi connectivity index (χ1v) is 5.91. The average Bonchev–Trinajstić information content (AvgIpc) is 2.36. The Hall–Kier alpha value is -2.08. The third kappa shape index (κ3) is 5.87. The van der Waals surface area contributed by atoms with Crippen molar-refractivity contribution in [2.75, 3.05) is 6.61 Å². The number of ether oxygens (including phenoxy) is 1. The lowest BCUT2D eigenvalue weighted by Gasteiger charge is -2.11. The zero-order chi connectivity index (χ0) is 14.3. The van der Waals surface area contributed by atoms with Crippen molar-refractivity contribution in [3.05, 3.63) is 29.8 Å². The van der Waals surface area contributed by atoms with Gasteiger partial charge in [0, 0.05) is 6.42 Å². The molecule has 0 heterocycles. The number of aliphatic carboxylic acids is 1. The van der Waals surface area contributed by atoms with Gasteiger partial charge in [0.25, 0.3) is 0 Å². The van der Waals surface area contributed by atoms with Crippen molar-refractivity contribution in [2.45, 2.75) is 25.3 Å². The fourth-order valence-corrected chi connectivity index (χ4v) is 1.47. The van der Waals surface area contributed by atoms with Gasteiger partial charge < -0.3 is 20.7 Å². The van der Waals surface area contributed by atoms with Gasteiger partial charge in [0.2, 0.25) is 0 Å². The molecule has 1 atom stereocenters. The highest BCUT2D eigenvalue weighted by Gasteiger charge is 2.15. The molecule has 0 bridgehead atoms. The molecule has 4 N–H and O–H groups in total. The summed E-state index contributed by atoms with van der Waals surface area (Å²) in [5.41, 5.74) is 6.49. The molecule has 0 aliphatic heterocycles. The van der Waals surface area contributed by atoms with E-state index in [4.69, 9.17) is 20.7 Å². The van der Waals surface area contributed by atoms with Crippen LogP contribution < -0.4 is 5.73 Å². The molecule has 0 radical (unpaired) electrons. The minimum atomic E-state index is -0.926. The van der Waals surface area contributed by atoms with E-state index in [0.717, 1.165) is 5.56 Å². The van der Waals surface area contributed by atoms with Crippen molar-refractivity contribution in [1.82, 2.24) is 0 Å². The minimum absolute atomic E-state index is 0.0412. The number of hydrogen-bond donors (Lipinski definition) is 3. The van der Waals surface area contributed by atoms with Crippen molar-refractivity contribution < 1.29 is 24.5 Å². The van der Waals surface area contributed by atoms with E-state index in [1.165, 1.54) is 12.1 Å². The quantitative estimate of drug-likeness (QED) is 0.494. The molecule has 0 unspecified atom stereocenters. The largest absolute Gasteiger partial charge is 0.508 e. The number of hydrogen-bond acceptors (Lipinski definition) is 5. The van der Waals surface area contributed by atoms with Crippen LogP contribution in [-0.4, -0.2) is 34.8 Å². The van der Waals surface area contributed by atoms with Crippen LogP contribution in [0.25, 0.3) is 0 Å². The first-order valence-electron chi connectivity index (χ1n) is 5.91. The number of carbonyl (C=O) groups is 2. The lowest BCUT2D eigenvalue weighted by atomic mass is 10.1. The molecule has 6 nitrogen and oxygen atoms in total. The molecule has 0 spiro atoms. The van der Waals surface area contributed by atoms with Crippen LogP contribution in [0.1, 0.15) is 18.4 Å². The SMILES string of the molecule is N[C@@H](Cc1ccc(O)cc1)C(=O)OCCCC(=O)O. The van der Waals surface area contributed by atoms with E-state index in [9.17, 15) is 9.59 Å². The highest BCUT2D eigenvalue weighted by atomic mass is 16.5. The zero-order valence-electron chi connectivity index (χ0n) is 10.4. The number of phenolic OH excluding ortho intramolecular Hbond substituents is 1. The van der Waals surface area contributed by atoms with Crippen LogP contribution in [0.4, 0.5) is 0 Å². The monoisotopic (exact) mass is 267 g/mol. The average molecular weight is 267 g/mol. The molecule has 6 heteroatoms. The Balaban J connectivity index is 2.32. The maximum atomic E-state index is 11.5. The summed E-state index contributed by atoms with van der Waals surface area (Å²) in [6.45, 7) is 0.0500. The molecule has 0 aliphatic rings. The molecular formula is C13H17NO5. The van der Waals surface area contributed by atoms with Crippen LogP contribution >= 0.6 is 0 Å². The predicted molar refractivity (Wildman–Crippen MR) is 67.6 cm³/mol. The molecule has 104 valence electrons. The number of aromatic hydroxyl groups is 1. The number of phenols is 1. The van der Waals surface area contributed by atoms with Gasteiger partial charge in [0.1, 0.15) is 11.8 Å². The second kappa shape index (κ2) is 7.38. The first kappa shape index (κ1) is 15.0. The lowest BCUT2D eigenvalue weighted by Crippen LogP contribution is -2.34. The van der Waals surface area contributed by atoms with Gasteiger partial charge in [-0.25, -0.2) is 0 Å². The van der Waals surface area contributed by atoms with Gasteiger partial charge in [0.15, 0.2) is 0 Å². The summed E-state index contributed by atoms with van der Waals surface area (Å²) in [5.74, 6) is -1.34.